The number of hydrogen-bond donors (Lipinski definition) is 4. The maximum atomic E-state index is 11.7. The summed E-state index contributed by atoms with van der Waals surface area (Å²) in [6, 6.07) is 4.01. The van der Waals surface area contributed by atoms with E-state index in [1.807, 2.05) is 0 Å². The molecule has 1 aromatic heterocycles. The number of nitrogens with one attached hydrogen (secondary N) is 1. The van der Waals surface area contributed by atoms with Crippen molar-refractivity contribution in [2.24, 2.45) is 0 Å². The zero-order chi connectivity index (χ0) is 15.4. The van der Waals surface area contributed by atoms with Gasteiger partial charge in [-0.3, -0.25) is 4.79 Å². The Bertz CT molecular complexity index is 653. The van der Waals surface area contributed by atoms with E-state index in [0.717, 1.165) is 0 Å². The molecule has 1 amide bonds. The van der Waals surface area contributed by atoms with E-state index in [1.165, 1.54) is 30.5 Å². The maximum Gasteiger partial charge on any atom is 0.326 e. The second kappa shape index (κ2) is 5.95. The number of nitrogens with zero attached hydrogens (tertiary/aromatic N) is 1. The number of aromatic hydroxyl groups is 2. The lowest BCUT2D eigenvalue weighted by molar-refractivity contribution is -0.139. The zero-order valence-electron chi connectivity index (χ0n) is 10.7. The molecule has 8 heteroatoms. The average molecular weight is 292 g/mol. The van der Waals surface area contributed by atoms with Crippen LogP contribution in [0.4, 0.5) is 0 Å². The van der Waals surface area contributed by atoms with Crippen LogP contribution in [-0.4, -0.2) is 38.4 Å². The number of rotatable bonds is 5. The van der Waals surface area contributed by atoms with Crippen LogP contribution in [0.5, 0.6) is 11.5 Å². The fraction of sp³-hybridized carbons (Fsp3) is 0.154. The molecule has 0 radical (unpaired) electrons. The number of carboxylic acids is 1. The first-order valence-corrected chi connectivity index (χ1v) is 5.92. The molecule has 8 nitrogen and oxygen atoms in total. The molecule has 0 saturated carbocycles. The summed E-state index contributed by atoms with van der Waals surface area (Å²) in [5.74, 6) is -2.72. The molecule has 110 valence electrons. The van der Waals surface area contributed by atoms with Crippen LogP contribution in [0.1, 0.15) is 16.1 Å². The number of aliphatic carboxylic acids is 1. The highest BCUT2D eigenvalue weighted by Gasteiger charge is 2.23. The Balaban J connectivity index is 2.10. The minimum Gasteiger partial charge on any atom is -0.504 e. The summed E-state index contributed by atoms with van der Waals surface area (Å²) in [6.07, 6.45) is 1.20. The molecular weight excluding hydrogens is 280 g/mol. The van der Waals surface area contributed by atoms with Crippen LogP contribution in [0.2, 0.25) is 0 Å². The van der Waals surface area contributed by atoms with Gasteiger partial charge in [0.25, 0.3) is 5.91 Å². The highest BCUT2D eigenvalue weighted by atomic mass is 16.5. The maximum absolute atomic E-state index is 11.7. The quantitative estimate of drug-likeness (QED) is 0.590. The summed E-state index contributed by atoms with van der Waals surface area (Å²) >= 11 is 0. The van der Waals surface area contributed by atoms with E-state index in [0.29, 0.717) is 5.56 Å². The van der Waals surface area contributed by atoms with Crippen molar-refractivity contribution in [1.82, 2.24) is 10.5 Å². The van der Waals surface area contributed by atoms with E-state index >= 15 is 0 Å². The van der Waals surface area contributed by atoms with Gasteiger partial charge in [-0.15, -0.1) is 0 Å². The first-order valence-electron chi connectivity index (χ1n) is 5.92. The van der Waals surface area contributed by atoms with Gasteiger partial charge in [0, 0.05) is 12.5 Å². The molecular formula is C13H12N2O6. The minimum absolute atomic E-state index is 0.0664. The summed E-state index contributed by atoms with van der Waals surface area (Å²) < 4.78 is 4.63. The van der Waals surface area contributed by atoms with Crippen LogP contribution < -0.4 is 5.32 Å². The molecule has 0 aliphatic carbocycles. The summed E-state index contributed by atoms with van der Waals surface area (Å²) in [4.78, 5) is 22.9. The second-order valence-corrected chi connectivity index (χ2v) is 4.27. The van der Waals surface area contributed by atoms with Crippen molar-refractivity contribution in [3.63, 3.8) is 0 Å². The molecule has 0 bridgehead atoms. The van der Waals surface area contributed by atoms with Crippen molar-refractivity contribution < 1.29 is 29.4 Å². The predicted molar refractivity (Wildman–Crippen MR) is 68.9 cm³/mol. The summed E-state index contributed by atoms with van der Waals surface area (Å²) in [5.41, 5.74) is 0.440. The van der Waals surface area contributed by atoms with Gasteiger partial charge in [-0.1, -0.05) is 11.2 Å². The number of hydrogen-bond acceptors (Lipinski definition) is 6. The van der Waals surface area contributed by atoms with Crippen LogP contribution in [0.15, 0.2) is 35.0 Å². The van der Waals surface area contributed by atoms with Gasteiger partial charge in [0.15, 0.2) is 11.5 Å². The Kier molecular flexibility index (Phi) is 4.07. The van der Waals surface area contributed by atoms with Gasteiger partial charge in [0.1, 0.15) is 6.04 Å². The molecule has 0 fully saturated rings. The number of carboxylic acid groups (broad SMARTS) is 1. The lowest BCUT2D eigenvalue weighted by atomic mass is 10.1. The predicted octanol–water partition coefficient (Wildman–Crippen LogP) is 0.511. The molecule has 0 saturated heterocycles. The fourth-order valence-corrected chi connectivity index (χ4v) is 1.69. The molecule has 2 rings (SSSR count). The Morgan fingerprint density at radius 3 is 2.57 bits per heavy atom. The number of carbonyl (C=O) groups is 2. The van der Waals surface area contributed by atoms with E-state index in [4.69, 9.17) is 5.11 Å². The Morgan fingerprint density at radius 1 is 1.24 bits per heavy atom. The van der Waals surface area contributed by atoms with Gasteiger partial charge in [-0.05, 0) is 17.7 Å². The molecule has 0 spiro atoms. The van der Waals surface area contributed by atoms with Gasteiger partial charge in [0.2, 0.25) is 5.76 Å². The first kappa shape index (κ1) is 14.4. The minimum atomic E-state index is -1.24. The second-order valence-electron chi connectivity index (χ2n) is 4.27. The molecule has 0 unspecified atom stereocenters. The monoisotopic (exact) mass is 292 g/mol. The van der Waals surface area contributed by atoms with Crippen LogP contribution in [0.25, 0.3) is 0 Å². The molecule has 1 atom stereocenters. The smallest absolute Gasteiger partial charge is 0.326 e. The molecule has 1 heterocycles. The molecule has 2 aromatic rings. The van der Waals surface area contributed by atoms with E-state index in [2.05, 4.69) is 15.0 Å². The number of aromatic nitrogens is 1. The summed E-state index contributed by atoms with van der Waals surface area (Å²) in [7, 11) is 0. The Morgan fingerprint density at radius 2 is 2.00 bits per heavy atom. The molecule has 1 aromatic carbocycles. The Labute approximate surface area is 118 Å². The van der Waals surface area contributed by atoms with Crippen LogP contribution in [-0.2, 0) is 11.2 Å². The molecule has 4 N–H and O–H groups in total. The van der Waals surface area contributed by atoms with Crippen molar-refractivity contribution in [2.45, 2.75) is 12.5 Å². The van der Waals surface area contributed by atoms with Crippen LogP contribution >= 0.6 is 0 Å². The van der Waals surface area contributed by atoms with E-state index in [-0.39, 0.29) is 23.7 Å². The number of carbonyl (C=O) groups excluding carboxylic acids is 1. The van der Waals surface area contributed by atoms with Crippen LogP contribution in [0, 0.1) is 0 Å². The van der Waals surface area contributed by atoms with Gasteiger partial charge in [-0.25, -0.2) is 4.79 Å². The third kappa shape index (κ3) is 3.50. The third-order valence-corrected chi connectivity index (χ3v) is 2.74. The van der Waals surface area contributed by atoms with Crippen molar-refractivity contribution in [1.29, 1.82) is 0 Å². The first-order chi connectivity index (χ1) is 9.97. The van der Waals surface area contributed by atoms with Crippen molar-refractivity contribution in [3.05, 3.63) is 41.8 Å². The van der Waals surface area contributed by atoms with Crippen molar-refractivity contribution >= 4 is 11.9 Å². The zero-order valence-corrected chi connectivity index (χ0v) is 10.7. The molecule has 0 aliphatic heterocycles. The van der Waals surface area contributed by atoms with Gasteiger partial charge in [-0.2, -0.15) is 0 Å². The summed E-state index contributed by atoms with van der Waals surface area (Å²) in [6.45, 7) is 0. The van der Waals surface area contributed by atoms with Gasteiger partial charge in [0.05, 0.1) is 6.20 Å². The summed E-state index contributed by atoms with van der Waals surface area (Å²) in [5, 5.41) is 33.4. The number of benzene rings is 1. The van der Waals surface area contributed by atoms with E-state index < -0.39 is 17.9 Å². The standard InChI is InChI=1S/C13H12N2O6/c16-9-2-1-7(6-10(9)17)5-8(13(19)20)15-12(18)11-3-4-14-21-11/h1-4,6,8,16-17H,5H2,(H,15,18)(H,19,20)/t8-/m0/s1. The fourth-order valence-electron chi connectivity index (χ4n) is 1.69. The lowest BCUT2D eigenvalue weighted by Crippen LogP contribution is -2.42. The topological polar surface area (TPSA) is 133 Å². The Hall–Kier alpha value is -3.03. The lowest BCUT2D eigenvalue weighted by Gasteiger charge is -2.13. The average Bonchev–Trinajstić information content (AvgIpc) is 2.96. The van der Waals surface area contributed by atoms with E-state index in [1.54, 1.807) is 0 Å². The molecule has 0 aliphatic rings. The highest BCUT2D eigenvalue weighted by Crippen LogP contribution is 2.25. The molecule has 21 heavy (non-hydrogen) atoms. The van der Waals surface area contributed by atoms with Crippen LogP contribution in [0.3, 0.4) is 0 Å². The largest absolute Gasteiger partial charge is 0.504 e. The van der Waals surface area contributed by atoms with Gasteiger partial charge >= 0.3 is 5.97 Å². The van der Waals surface area contributed by atoms with Gasteiger partial charge < -0.3 is 25.2 Å². The van der Waals surface area contributed by atoms with E-state index in [9.17, 15) is 19.8 Å². The third-order valence-electron chi connectivity index (χ3n) is 2.74. The number of phenols is 2. The normalized spacial score (nSPS) is 11.8. The van der Waals surface area contributed by atoms with Crippen molar-refractivity contribution in [2.75, 3.05) is 0 Å². The number of phenolic OH excluding ortho intramolecular Hbond substituents is 2. The highest BCUT2D eigenvalue weighted by molar-refractivity contribution is 5.94. The number of amides is 1. The SMILES string of the molecule is O=C(N[C@@H](Cc1ccc(O)c(O)c1)C(=O)O)c1ccno1. The van der Waals surface area contributed by atoms with Crippen molar-refractivity contribution in [3.8, 4) is 11.5 Å².